The van der Waals surface area contributed by atoms with Crippen molar-refractivity contribution < 1.29 is 24.2 Å². The SMILES string of the molecule is Cc1cc(-c2ccc(F)cc2)cc(N2CCN(C)CC2)n1.O=C(O)C=CC(=O)O. The Balaban J connectivity index is 0.000000321. The van der Waals surface area contributed by atoms with E-state index in [0.717, 1.165) is 48.8 Å². The third kappa shape index (κ3) is 7.34. The van der Waals surface area contributed by atoms with Crippen molar-refractivity contribution in [1.29, 1.82) is 0 Å². The zero-order chi connectivity index (χ0) is 21.4. The van der Waals surface area contributed by atoms with Crippen LogP contribution in [-0.2, 0) is 9.59 Å². The molecule has 2 heterocycles. The summed E-state index contributed by atoms with van der Waals surface area (Å²) in [6, 6.07) is 10.8. The van der Waals surface area contributed by atoms with Crippen LogP contribution in [0.1, 0.15) is 5.69 Å². The summed E-state index contributed by atoms with van der Waals surface area (Å²) < 4.78 is 13.1. The van der Waals surface area contributed by atoms with E-state index in [1.807, 2.05) is 25.1 Å². The molecule has 8 heteroatoms. The lowest BCUT2D eigenvalue weighted by Crippen LogP contribution is -2.44. The molecule has 0 bridgehead atoms. The first kappa shape index (κ1) is 22.0. The summed E-state index contributed by atoms with van der Waals surface area (Å²) in [5.41, 5.74) is 3.11. The first-order chi connectivity index (χ1) is 13.7. The highest BCUT2D eigenvalue weighted by Crippen LogP contribution is 2.25. The minimum atomic E-state index is -1.26. The van der Waals surface area contributed by atoms with E-state index in [1.54, 1.807) is 0 Å². The van der Waals surface area contributed by atoms with Gasteiger partial charge in [-0.1, -0.05) is 12.1 Å². The topological polar surface area (TPSA) is 94.0 Å². The molecule has 2 aromatic rings. The van der Waals surface area contributed by atoms with Gasteiger partial charge in [-0.2, -0.15) is 0 Å². The van der Waals surface area contributed by atoms with Gasteiger partial charge >= 0.3 is 11.9 Å². The van der Waals surface area contributed by atoms with E-state index in [9.17, 15) is 14.0 Å². The van der Waals surface area contributed by atoms with E-state index in [2.05, 4.69) is 27.9 Å². The zero-order valence-electron chi connectivity index (χ0n) is 16.4. The smallest absolute Gasteiger partial charge is 0.328 e. The van der Waals surface area contributed by atoms with Crippen molar-refractivity contribution in [3.63, 3.8) is 0 Å². The molecular formula is C21H24FN3O4. The minimum absolute atomic E-state index is 0.205. The molecule has 7 nitrogen and oxygen atoms in total. The Morgan fingerprint density at radius 3 is 2.03 bits per heavy atom. The largest absolute Gasteiger partial charge is 0.478 e. The number of likely N-dealkylation sites (N-methyl/N-ethyl adjacent to an activating group) is 1. The number of benzene rings is 1. The average Bonchev–Trinajstić information content (AvgIpc) is 2.67. The summed E-state index contributed by atoms with van der Waals surface area (Å²) in [5, 5.41) is 15.6. The van der Waals surface area contributed by atoms with Gasteiger partial charge in [0.2, 0.25) is 0 Å². The maximum Gasteiger partial charge on any atom is 0.328 e. The highest BCUT2D eigenvalue weighted by atomic mass is 19.1. The average molecular weight is 401 g/mol. The Kier molecular flexibility index (Phi) is 7.85. The Labute approximate surface area is 168 Å². The van der Waals surface area contributed by atoms with Gasteiger partial charge in [0.15, 0.2) is 0 Å². The second-order valence-corrected chi connectivity index (χ2v) is 6.66. The number of aryl methyl sites for hydroxylation is 1. The Morgan fingerprint density at radius 1 is 0.966 bits per heavy atom. The summed E-state index contributed by atoms with van der Waals surface area (Å²) >= 11 is 0. The summed E-state index contributed by atoms with van der Waals surface area (Å²) in [7, 11) is 2.14. The van der Waals surface area contributed by atoms with Crippen molar-refractivity contribution in [3.05, 3.63) is 60.1 Å². The van der Waals surface area contributed by atoms with E-state index < -0.39 is 11.9 Å². The first-order valence-corrected chi connectivity index (χ1v) is 9.06. The fourth-order valence-corrected chi connectivity index (χ4v) is 2.80. The van der Waals surface area contributed by atoms with Crippen LogP contribution in [-0.4, -0.2) is 65.3 Å². The molecule has 29 heavy (non-hydrogen) atoms. The molecule has 0 aliphatic carbocycles. The van der Waals surface area contributed by atoms with Crippen LogP contribution < -0.4 is 4.90 Å². The number of carboxylic acids is 2. The number of aliphatic carboxylic acids is 2. The van der Waals surface area contributed by atoms with Gasteiger partial charge in [-0.05, 0) is 49.4 Å². The first-order valence-electron chi connectivity index (χ1n) is 9.06. The highest BCUT2D eigenvalue weighted by molar-refractivity contribution is 5.89. The van der Waals surface area contributed by atoms with Crippen LogP contribution in [0.5, 0.6) is 0 Å². The van der Waals surface area contributed by atoms with Gasteiger partial charge in [0, 0.05) is 44.0 Å². The Bertz CT molecular complexity index is 860. The molecule has 1 aliphatic heterocycles. The van der Waals surface area contributed by atoms with E-state index >= 15 is 0 Å². The van der Waals surface area contributed by atoms with Crippen molar-refractivity contribution in [2.45, 2.75) is 6.92 Å². The van der Waals surface area contributed by atoms with Crippen LogP contribution in [0.4, 0.5) is 10.2 Å². The molecule has 0 saturated carbocycles. The van der Waals surface area contributed by atoms with Gasteiger partial charge in [-0.15, -0.1) is 0 Å². The Hall–Kier alpha value is -3.26. The monoisotopic (exact) mass is 401 g/mol. The lowest BCUT2D eigenvalue weighted by molar-refractivity contribution is -0.134. The standard InChI is InChI=1S/C17H20FN3.C4H4O4/c1-13-11-15(14-3-5-16(18)6-4-14)12-17(19-13)21-9-7-20(2)8-10-21;5-3(6)1-2-4(7)8/h3-6,11-12H,7-10H2,1-2H3;1-2H,(H,5,6)(H,7,8). The number of halogens is 1. The molecule has 1 fully saturated rings. The number of hydrogen-bond acceptors (Lipinski definition) is 5. The minimum Gasteiger partial charge on any atom is -0.478 e. The highest BCUT2D eigenvalue weighted by Gasteiger charge is 2.16. The summed E-state index contributed by atoms with van der Waals surface area (Å²) in [4.78, 5) is 28.4. The number of carbonyl (C=O) groups is 2. The number of carboxylic acid groups (broad SMARTS) is 2. The van der Waals surface area contributed by atoms with Gasteiger partial charge in [-0.3, -0.25) is 0 Å². The third-order valence-electron chi connectivity index (χ3n) is 4.31. The number of rotatable bonds is 4. The number of pyridine rings is 1. The van der Waals surface area contributed by atoms with Crippen molar-refractivity contribution >= 4 is 17.8 Å². The summed E-state index contributed by atoms with van der Waals surface area (Å²) in [6.45, 7) is 6.11. The van der Waals surface area contributed by atoms with Crippen LogP contribution in [0.3, 0.4) is 0 Å². The lowest BCUT2D eigenvalue weighted by atomic mass is 10.1. The molecule has 0 unspecified atom stereocenters. The molecule has 3 rings (SSSR count). The third-order valence-corrected chi connectivity index (χ3v) is 4.31. The zero-order valence-corrected chi connectivity index (χ0v) is 16.4. The van der Waals surface area contributed by atoms with Crippen LogP contribution in [0.25, 0.3) is 11.1 Å². The maximum absolute atomic E-state index is 13.1. The van der Waals surface area contributed by atoms with Crippen LogP contribution in [0.15, 0.2) is 48.6 Å². The predicted octanol–water partition coefficient (Wildman–Crippen LogP) is 2.66. The molecule has 0 spiro atoms. The molecular weight excluding hydrogens is 377 g/mol. The molecule has 1 aromatic heterocycles. The molecule has 1 aliphatic rings. The molecule has 2 N–H and O–H groups in total. The van der Waals surface area contributed by atoms with E-state index in [-0.39, 0.29) is 5.82 Å². The molecule has 0 radical (unpaired) electrons. The fraction of sp³-hybridized carbons (Fsp3) is 0.286. The number of aromatic nitrogens is 1. The van der Waals surface area contributed by atoms with E-state index in [1.165, 1.54) is 12.1 Å². The van der Waals surface area contributed by atoms with Gasteiger partial charge in [-0.25, -0.2) is 19.0 Å². The Morgan fingerprint density at radius 2 is 1.52 bits per heavy atom. The normalized spacial score (nSPS) is 14.4. The van der Waals surface area contributed by atoms with Crippen molar-refractivity contribution in [2.24, 2.45) is 0 Å². The van der Waals surface area contributed by atoms with E-state index in [0.29, 0.717) is 12.2 Å². The quantitative estimate of drug-likeness (QED) is 0.761. The van der Waals surface area contributed by atoms with Gasteiger partial charge in [0.25, 0.3) is 0 Å². The second kappa shape index (κ2) is 10.3. The van der Waals surface area contributed by atoms with Crippen molar-refractivity contribution in [1.82, 2.24) is 9.88 Å². The lowest BCUT2D eigenvalue weighted by Gasteiger charge is -2.33. The van der Waals surface area contributed by atoms with Gasteiger partial charge < -0.3 is 20.0 Å². The van der Waals surface area contributed by atoms with Gasteiger partial charge in [0.1, 0.15) is 11.6 Å². The molecule has 0 amide bonds. The van der Waals surface area contributed by atoms with Crippen LogP contribution in [0.2, 0.25) is 0 Å². The molecule has 1 aromatic carbocycles. The number of nitrogens with zero attached hydrogens (tertiary/aromatic N) is 3. The van der Waals surface area contributed by atoms with E-state index in [4.69, 9.17) is 10.2 Å². The number of anilines is 1. The van der Waals surface area contributed by atoms with Gasteiger partial charge in [0.05, 0.1) is 0 Å². The molecule has 154 valence electrons. The van der Waals surface area contributed by atoms with Crippen LogP contribution in [0, 0.1) is 12.7 Å². The molecule has 0 atom stereocenters. The van der Waals surface area contributed by atoms with Crippen LogP contribution >= 0.6 is 0 Å². The predicted molar refractivity (Wildman–Crippen MR) is 108 cm³/mol. The number of piperazine rings is 1. The second-order valence-electron chi connectivity index (χ2n) is 6.66. The van der Waals surface area contributed by atoms with Crippen molar-refractivity contribution in [2.75, 3.05) is 38.1 Å². The number of hydrogen-bond donors (Lipinski definition) is 2. The summed E-state index contributed by atoms with van der Waals surface area (Å²) in [6.07, 6.45) is 1.12. The molecule has 1 saturated heterocycles. The fourth-order valence-electron chi connectivity index (χ4n) is 2.80. The van der Waals surface area contributed by atoms with Crippen molar-refractivity contribution in [3.8, 4) is 11.1 Å². The maximum atomic E-state index is 13.1. The summed E-state index contributed by atoms with van der Waals surface area (Å²) in [5.74, 6) is -1.70.